The van der Waals surface area contributed by atoms with Crippen molar-refractivity contribution in [1.29, 1.82) is 0 Å². The Morgan fingerprint density at radius 3 is 2.50 bits per heavy atom. The molecule has 1 aromatic carbocycles. The van der Waals surface area contributed by atoms with Gasteiger partial charge in [-0.2, -0.15) is 0 Å². The molecule has 0 saturated carbocycles. The van der Waals surface area contributed by atoms with Gasteiger partial charge in [0.25, 0.3) is 0 Å². The number of hydrogen-bond acceptors (Lipinski definition) is 4. The second-order valence-corrected chi connectivity index (χ2v) is 7.23. The minimum absolute atomic E-state index is 0.0142. The first kappa shape index (κ1) is 20.1. The van der Waals surface area contributed by atoms with Gasteiger partial charge in [-0.25, -0.2) is 4.79 Å². The number of aromatic nitrogens is 1. The van der Waals surface area contributed by atoms with Crippen molar-refractivity contribution in [3.63, 3.8) is 0 Å². The van der Waals surface area contributed by atoms with E-state index in [-0.39, 0.29) is 6.03 Å². The van der Waals surface area contributed by atoms with E-state index in [2.05, 4.69) is 59.1 Å². The summed E-state index contributed by atoms with van der Waals surface area (Å²) in [6, 6.07) is 10.3. The van der Waals surface area contributed by atoms with Gasteiger partial charge in [-0.15, -0.1) is 0 Å². The van der Waals surface area contributed by atoms with Gasteiger partial charge in [0.15, 0.2) is 0 Å². The summed E-state index contributed by atoms with van der Waals surface area (Å²) >= 11 is 0. The van der Waals surface area contributed by atoms with E-state index in [4.69, 9.17) is 0 Å². The third-order valence-electron chi connectivity index (χ3n) is 5.37. The monoisotopic (exact) mass is 381 g/mol. The van der Waals surface area contributed by atoms with Crippen LogP contribution < -0.4 is 10.2 Å². The molecule has 0 spiro atoms. The number of amides is 2. The van der Waals surface area contributed by atoms with Crippen LogP contribution in [0.25, 0.3) is 0 Å². The van der Waals surface area contributed by atoms with Crippen molar-refractivity contribution in [1.82, 2.24) is 14.8 Å². The average molecular weight is 382 g/mol. The summed E-state index contributed by atoms with van der Waals surface area (Å²) < 4.78 is 0. The molecule has 0 radical (unpaired) electrons. The van der Waals surface area contributed by atoms with E-state index in [1.807, 2.05) is 23.2 Å². The number of pyridine rings is 1. The summed E-state index contributed by atoms with van der Waals surface area (Å²) in [5, 5.41) is 3.09. The molecule has 6 heteroatoms. The third-order valence-corrected chi connectivity index (χ3v) is 5.37. The van der Waals surface area contributed by atoms with Crippen molar-refractivity contribution < 1.29 is 4.79 Å². The summed E-state index contributed by atoms with van der Waals surface area (Å²) in [5.41, 5.74) is 4.39. The van der Waals surface area contributed by atoms with Gasteiger partial charge >= 0.3 is 6.03 Å². The highest BCUT2D eigenvalue weighted by atomic mass is 16.2. The standard InChI is InChI=1S/C22H31N5O/c1-4-26(5-2)20-8-9-21(18(3)15-20)24-22(28)27-13-11-25(12-14-27)17-19-7-6-10-23-16-19/h6-10,15-16H,4-5,11-14,17H2,1-3H3,(H,24,28). The first-order valence-corrected chi connectivity index (χ1v) is 10.1. The number of benzene rings is 1. The lowest BCUT2D eigenvalue weighted by atomic mass is 10.1. The molecule has 3 rings (SSSR count). The molecule has 1 N–H and O–H groups in total. The SMILES string of the molecule is CCN(CC)c1ccc(NC(=O)N2CCN(Cc3cccnc3)CC2)c(C)c1. The third kappa shape index (κ3) is 5.01. The molecule has 1 saturated heterocycles. The zero-order valence-electron chi connectivity index (χ0n) is 17.2. The number of aryl methyl sites for hydroxylation is 1. The Morgan fingerprint density at radius 1 is 1.14 bits per heavy atom. The Morgan fingerprint density at radius 2 is 1.89 bits per heavy atom. The largest absolute Gasteiger partial charge is 0.372 e. The molecule has 0 aliphatic carbocycles. The molecular formula is C22H31N5O. The number of carbonyl (C=O) groups is 1. The number of nitrogens with zero attached hydrogens (tertiary/aromatic N) is 4. The number of piperazine rings is 1. The van der Waals surface area contributed by atoms with Crippen LogP contribution in [0.1, 0.15) is 25.0 Å². The Labute approximate surface area is 168 Å². The fourth-order valence-corrected chi connectivity index (χ4v) is 3.63. The minimum Gasteiger partial charge on any atom is -0.372 e. The molecule has 1 aromatic heterocycles. The Bertz CT molecular complexity index is 768. The molecule has 150 valence electrons. The summed E-state index contributed by atoms with van der Waals surface area (Å²) in [6.45, 7) is 12.4. The highest BCUT2D eigenvalue weighted by Crippen LogP contribution is 2.23. The van der Waals surface area contributed by atoms with Crippen LogP contribution in [-0.4, -0.2) is 60.1 Å². The van der Waals surface area contributed by atoms with Gasteiger partial charge in [0.1, 0.15) is 0 Å². The molecule has 2 amide bonds. The Balaban J connectivity index is 1.53. The first-order valence-electron chi connectivity index (χ1n) is 10.1. The molecule has 0 bridgehead atoms. The van der Waals surface area contributed by atoms with Crippen LogP contribution >= 0.6 is 0 Å². The number of anilines is 2. The molecule has 2 heterocycles. The van der Waals surface area contributed by atoms with E-state index in [9.17, 15) is 4.79 Å². The van der Waals surface area contributed by atoms with Gasteiger partial charge in [-0.3, -0.25) is 9.88 Å². The van der Waals surface area contributed by atoms with E-state index < -0.39 is 0 Å². The lowest BCUT2D eigenvalue weighted by Crippen LogP contribution is -2.49. The van der Waals surface area contributed by atoms with Gasteiger partial charge in [0, 0.05) is 69.6 Å². The van der Waals surface area contributed by atoms with E-state index in [0.717, 1.165) is 57.1 Å². The maximum atomic E-state index is 12.7. The van der Waals surface area contributed by atoms with Gasteiger partial charge in [-0.05, 0) is 56.2 Å². The smallest absolute Gasteiger partial charge is 0.321 e. The molecule has 1 aliphatic rings. The maximum Gasteiger partial charge on any atom is 0.321 e. The van der Waals surface area contributed by atoms with E-state index in [0.29, 0.717) is 0 Å². The van der Waals surface area contributed by atoms with Gasteiger partial charge in [-0.1, -0.05) is 6.07 Å². The number of hydrogen-bond donors (Lipinski definition) is 1. The summed E-state index contributed by atoms with van der Waals surface area (Å²) in [6.07, 6.45) is 3.70. The molecule has 6 nitrogen and oxygen atoms in total. The van der Waals surface area contributed by atoms with Crippen molar-refractivity contribution in [2.24, 2.45) is 0 Å². The van der Waals surface area contributed by atoms with E-state index in [1.54, 1.807) is 6.20 Å². The van der Waals surface area contributed by atoms with Gasteiger partial charge in [0.05, 0.1) is 0 Å². The predicted octanol–water partition coefficient (Wildman–Crippen LogP) is 3.59. The van der Waals surface area contributed by atoms with Gasteiger partial charge in [0.2, 0.25) is 0 Å². The van der Waals surface area contributed by atoms with Crippen LogP contribution in [0.15, 0.2) is 42.7 Å². The molecule has 0 atom stereocenters. The second kappa shape index (κ2) is 9.55. The minimum atomic E-state index is -0.0142. The fourth-order valence-electron chi connectivity index (χ4n) is 3.63. The quantitative estimate of drug-likeness (QED) is 0.831. The molecule has 28 heavy (non-hydrogen) atoms. The molecular weight excluding hydrogens is 350 g/mol. The zero-order chi connectivity index (χ0) is 19.9. The molecule has 2 aromatic rings. The summed E-state index contributed by atoms with van der Waals surface area (Å²) in [4.78, 5) is 23.4. The van der Waals surface area contributed by atoms with Crippen LogP contribution in [0.3, 0.4) is 0 Å². The van der Waals surface area contributed by atoms with Gasteiger partial charge < -0.3 is 15.1 Å². The summed E-state index contributed by atoms with van der Waals surface area (Å²) in [5.74, 6) is 0. The fraction of sp³-hybridized carbons (Fsp3) is 0.455. The van der Waals surface area contributed by atoms with E-state index >= 15 is 0 Å². The highest BCUT2D eigenvalue weighted by Gasteiger charge is 2.21. The average Bonchev–Trinajstić information content (AvgIpc) is 2.72. The maximum absolute atomic E-state index is 12.7. The lowest BCUT2D eigenvalue weighted by molar-refractivity contribution is 0.143. The van der Waals surface area contributed by atoms with Crippen LogP contribution in [0, 0.1) is 6.92 Å². The topological polar surface area (TPSA) is 51.7 Å². The van der Waals surface area contributed by atoms with Crippen molar-refractivity contribution >= 4 is 17.4 Å². The number of carbonyl (C=O) groups excluding carboxylic acids is 1. The van der Waals surface area contributed by atoms with Crippen LogP contribution in [0.4, 0.5) is 16.2 Å². The second-order valence-electron chi connectivity index (χ2n) is 7.23. The molecule has 1 aliphatic heterocycles. The molecule has 1 fully saturated rings. The van der Waals surface area contributed by atoms with E-state index in [1.165, 1.54) is 11.3 Å². The van der Waals surface area contributed by atoms with Crippen molar-refractivity contribution in [2.75, 3.05) is 49.5 Å². The van der Waals surface area contributed by atoms with Crippen LogP contribution in [0.5, 0.6) is 0 Å². The molecule has 0 unspecified atom stereocenters. The number of nitrogens with one attached hydrogen (secondary N) is 1. The Kier molecular flexibility index (Phi) is 6.87. The van der Waals surface area contributed by atoms with Crippen LogP contribution in [0.2, 0.25) is 0 Å². The number of rotatable bonds is 6. The number of urea groups is 1. The first-order chi connectivity index (χ1) is 13.6. The Hall–Kier alpha value is -2.60. The summed E-state index contributed by atoms with van der Waals surface area (Å²) in [7, 11) is 0. The highest BCUT2D eigenvalue weighted by molar-refractivity contribution is 5.90. The van der Waals surface area contributed by atoms with Crippen molar-refractivity contribution in [2.45, 2.75) is 27.3 Å². The van der Waals surface area contributed by atoms with Crippen molar-refractivity contribution in [3.8, 4) is 0 Å². The normalized spacial score (nSPS) is 14.8. The zero-order valence-corrected chi connectivity index (χ0v) is 17.2. The lowest BCUT2D eigenvalue weighted by Gasteiger charge is -2.34. The van der Waals surface area contributed by atoms with Crippen molar-refractivity contribution in [3.05, 3.63) is 53.9 Å². The van der Waals surface area contributed by atoms with Crippen LogP contribution in [-0.2, 0) is 6.54 Å². The predicted molar refractivity (Wildman–Crippen MR) is 115 cm³/mol.